The Kier molecular flexibility index (Phi) is 14.3. The molecule has 0 radical (unpaired) electrons. The number of aryl methyl sites for hydroxylation is 1. The number of nitrogens with one attached hydrogen (secondary N) is 2. The van der Waals surface area contributed by atoms with Crippen LogP contribution in [0.4, 0.5) is 0 Å². The van der Waals surface area contributed by atoms with Crippen molar-refractivity contribution in [1.29, 1.82) is 0 Å². The quantitative estimate of drug-likeness (QED) is 0.188. The van der Waals surface area contributed by atoms with Crippen LogP contribution in [0, 0.1) is 6.92 Å². The number of rotatable bonds is 12. The van der Waals surface area contributed by atoms with E-state index in [0.717, 1.165) is 23.3 Å². The molecule has 0 heterocycles. The smallest absolute Gasteiger partial charge is 0.191 e. The van der Waals surface area contributed by atoms with E-state index in [0.29, 0.717) is 38.8 Å². The fraction of sp³-hybridized carbons (Fsp3) is 0.632. The van der Waals surface area contributed by atoms with E-state index in [2.05, 4.69) is 15.6 Å². The predicted octanol–water partition coefficient (Wildman–Crippen LogP) is 2.52. The molecule has 0 aliphatic rings. The molecule has 162 valence electrons. The fourth-order valence-electron chi connectivity index (χ4n) is 2.29. The van der Waals surface area contributed by atoms with E-state index < -0.39 is 9.84 Å². The van der Waals surface area contributed by atoms with Crippen molar-refractivity contribution >= 4 is 39.8 Å². The van der Waals surface area contributed by atoms with Crippen LogP contribution in [0.25, 0.3) is 0 Å². The van der Waals surface area contributed by atoms with E-state index in [1.54, 1.807) is 14.0 Å². The second-order valence-electron chi connectivity index (χ2n) is 6.16. The van der Waals surface area contributed by atoms with Gasteiger partial charge in [-0.2, -0.15) is 0 Å². The maximum atomic E-state index is 11.6. The van der Waals surface area contributed by atoms with Crippen LogP contribution in [0.3, 0.4) is 0 Å². The SMILES string of the molecule is CCNC(=NCc1ccc(C)cc1OCCCOC)NCCS(=O)(=O)CC.I. The van der Waals surface area contributed by atoms with Crippen molar-refractivity contribution in [2.24, 2.45) is 4.99 Å². The highest BCUT2D eigenvalue weighted by Crippen LogP contribution is 2.21. The molecule has 0 saturated heterocycles. The lowest BCUT2D eigenvalue weighted by Gasteiger charge is -2.13. The first-order valence-corrected chi connectivity index (χ1v) is 11.2. The molecule has 0 atom stereocenters. The minimum Gasteiger partial charge on any atom is -0.493 e. The largest absolute Gasteiger partial charge is 0.493 e. The third-order valence-electron chi connectivity index (χ3n) is 3.87. The standard InChI is InChI=1S/C19H33N3O4S.HI/c1-5-20-19(21-10-13-27(23,24)6-2)22-15-17-9-8-16(3)14-18(17)26-12-7-11-25-4;/h8-9,14H,5-7,10-13,15H2,1-4H3,(H2,20,21,22);1H. The highest BCUT2D eigenvalue weighted by atomic mass is 127. The number of hydrogen-bond acceptors (Lipinski definition) is 5. The third kappa shape index (κ3) is 11.1. The molecule has 1 aromatic carbocycles. The van der Waals surface area contributed by atoms with Crippen molar-refractivity contribution in [1.82, 2.24) is 10.6 Å². The van der Waals surface area contributed by atoms with E-state index in [-0.39, 0.29) is 35.5 Å². The Morgan fingerprint density at radius 1 is 1.18 bits per heavy atom. The second kappa shape index (κ2) is 14.9. The Morgan fingerprint density at radius 3 is 2.57 bits per heavy atom. The first kappa shape index (κ1) is 26.9. The fourth-order valence-corrected chi connectivity index (χ4v) is 2.99. The molecule has 0 amide bonds. The van der Waals surface area contributed by atoms with Gasteiger partial charge in [-0.3, -0.25) is 0 Å². The molecule has 9 heteroatoms. The van der Waals surface area contributed by atoms with Gasteiger partial charge in [-0.05, 0) is 25.5 Å². The molecule has 0 saturated carbocycles. The zero-order valence-corrected chi connectivity index (χ0v) is 20.4. The van der Waals surface area contributed by atoms with E-state index in [9.17, 15) is 8.42 Å². The average molecular weight is 527 g/mol. The number of methoxy groups -OCH3 is 1. The Bertz CT molecular complexity index is 696. The summed E-state index contributed by atoms with van der Waals surface area (Å²) >= 11 is 0. The van der Waals surface area contributed by atoms with Crippen LogP contribution in [0.1, 0.15) is 31.4 Å². The Balaban J connectivity index is 0.00000729. The number of benzene rings is 1. The summed E-state index contributed by atoms with van der Waals surface area (Å²) in [4.78, 5) is 4.56. The van der Waals surface area contributed by atoms with Crippen LogP contribution in [-0.2, 0) is 21.1 Å². The van der Waals surface area contributed by atoms with Crippen molar-refractivity contribution in [3.05, 3.63) is 29.3 Å². The lowest BCUT2D eigenvalue weighted by Crippen LogP contribution is -2.39. The molecule has 1 aromatic rings. The lowest BCUT2D eigenvalue weighted by atomic mass is 10.1. The van der Waals surface area contributed by atoms with E-state index >= 15 is 0 Å². The van der Waals surface area contributed by atoms with Gasteiger partial charge in [-0.1, -0.05) is 19.1 Å². The monoisotopic (exact) mass is 527 g/mol. The molecule has 7 nitrogen and oxygen atoms in total. The van der Waals surface area contributed by atoms with Crippen molar-refractivity contribution in [2.45, 2.75) is 33.7 Å². The second-order valence-corrected chi connectivity index (χ2v) is 8.64. The number of hydrogen-bond donors (Lipinski definition) is 2. The average Bonchev–Trinajstić information content (AvgIpc) is 2.64. The van der Waals surface area contributed by atoms with E-state index in [1.165, 1.54) is 0 Å². The molecular weight excluding hydrogens is 493 g/mol. The summed E-state index contributed by atoms with van der Waals surface area (Å²) in [7, 11) is -1.32. The van der Waals surface area contributed by atoms with Crippen molar-refractivity contribution in [3.63, 3.8) is 0 Å². The number of guanidine groups is 1. The minimum absolute atomic E-state index is 0. The van der Waals surface area contributed by atoms with Crippen LogP contribution in [0.5, 0.6) is 5.75 Å². The molecule has 0 spiro atoms. The molecule has 0 aliphatic heterocycles. The highest BCUT2D eigenvalue weighted by Gasteiger charge is 2.08. The maximum absolute atomic E-state index is 11.6. The summed E-state index contributed by atoms with van der Waals surface area (Å²) in [5.41, 5.74) is 2.11. The summed E-state index contributed by atoms with van der Waals surface area (Å²) in [5.74, 6) is 1.65. The predicted molar refractivity (Wildman–Crippen MR) is 126 cm³/mol. The molecule has 28 heavy (non-hydrogen) atoms. The summed E-state index contributed by atoms with van der Waals surface area (Å²) in [6, 6.07) is 6.04. The molecule has 2 N–H and O–H groups in total. The molecule has 1 rings (SSSR count). The van der Waals surface area contributed by atoms with Crippen LogP contribution < -0.4 is 15.4 Å². The first-order chi connectivity index (χ1) is 12.9. The van der Waals surface area contributed by atoms with Gasteiger partial charge in [-0.25, -0.2) is 13.4 Å². The summed E-state index contributed by atoms with van der Waals surface area (Å²) < 4.78 is 34.2. The number of ether oxygens (including phenoxy) is 2. The Labute approximate surface area is 186 Å². The summed E-state index contributed by atoms with van der Waals surface area (Å²) in [6.45, 7) is 8.35. The summed E-state index contributed by atoms with van der Waals surface area (Å²) in [6.07, 6.45) is 0.823. The van der Waals surface area contributed by atoms with Crippen LogP contribution >= 0.6 is 24.0 Å². The molecule has 0 bridgehead atoms. The van der Waals surface area contributed by atoms with Gasteiger partial charge in [-0.15, -0.1) is 24.0 Å². The summed E-state index contributed by atoms with van der Waals surface area (Å²) in [5, 5.41) is 6.21. The molecule has 0 unspecified atom stereocenters. The lowest BCUT2D eigenvalue weighted by molar-refractivity contribution is 0.172. The number of halogens is 1. The van der Waals surface area contributed by atoms with Gasteiger partial charge in [0, 0.05) is 44.5 Å². The van der Waals surface area contributed by atoms with Gasteiger partial charge in [0.15, 0.2) is 15.8 Å². The van der Waals surface area contributed by atoms with Gasteiger partial charge in [0.25, 0.3) is 0 Å². The number of nitrogens with zero attached hydrogens (tertiary/aromatic N) is 1. The van der Waals surface area contributed by atoms with Gasteiger partial charge in [0.1, 0.15) is 5.75 Å². The van der Waals surface area contributed by atoms with E-state index in [4.69, 9.17) is 9.47 Å². The Morgan fingerprint density at radius 2 is 1.93 bits per heavy atom. The Hall–Kier alpha value is -1.07. The van der Waals surface area contributed by atoms with Crippen molar-refractivity contribution in [2.75, 3.05) is 44.9 Å². The molecule has 0 fully saturated rings. The normalized spacial score (nSPS) is 11.6. The minimum atomic E-state index is -3.00. The van der Waals surface area contributed by atoms with Crippen LogP contribution in [0.15, 0.2) is 23.2 Å². The number of sulfone groups is 1. The van der Waals surface area contributed by atoms with Gasteiger partial charge >= 0.3 is 0 Å². The first-order valence-electron chi connectivity index (χ1n) is 9.35. The van der Waals surface area contributed by atoms with Gasteiger partial charge in [0.2, 0.25) is 0 Å². The molecule has 0 aliphatic carbocycles. The highest BCUT2D eigenvalue weighted by molar-refractivity contribution is 14.0. The van der Waals surface area contributed by atoms with Gasteiger partial charge < -0.3 is 20.1 Å². The van der Waals surface area contributed by atoms with Crippen molar-refractivity contribution in [3.8, 4) is 5.75 Å². The third-order valence-corrected chi connectivity index (χ3v) is 5.58. The van der Waals surface area contributed by atoms with Crippen LogP contribution in [0.2, 0.25) is 0 Å². The zero-order valence-electron chi connectivity index (χ0n) is 17.3. The van der Waals surface area contributed by atoms with E-state index in [1.807, 2.05) is 32.0 Å². The topological polar surface area (TPSA) is 89.0 Å². The van der Waals surface area contributed by atoms with Crippen LogP contribution in [-0.4, -0.2) is 59.3 Å². The van der Waals surface area contributed by atoms with Gasteiger partial charge in [0.05, 0.1) is 18.9 Å². The number of aliphatic imine (C=N–C) groups is 1. The van der Waals surface area contributed by atoms with Crippen molar-refractivity contribution < 1.29 is 17.9 Å². The molecule has 0 aromatic heterocycles. The molecular formula is C19H34IN3O4S. The zero-order chi connectivity index (χ0) is 20.1. The maximum Gasteiger partial charge on any atom is 0.191 e.